The lowest BCUT2D eigenvalue weighted by molar-refractivity contribution is -0.137. The zero-order valence-electron chi connectivity index (χ0n) is 20.4. The van der Waals surface area contributed by atoms with Crippen molar-refractivity contribution in [1.82, 2.24) is 10.2 Å². The number of carbonyl (C=O) groups excluding carboxylic acids is 3. The fourth-order valence-electron chi connectivity index (χ4n) is 3.20. The van der Waals surface area contributed by atoms with E-state index in [0.717, 1.165) is 4.90 Å². The van der Waals surface area contributed by atoms with Gasteiger partial charge in [-0.3, -0.25) is 9.59 Å². The number of nitrogens with one attached hydrogen (secondary N) is 2. The predicted molar refractivity (Wildman–Crippen MR) is 129 cm³/mol. The molecule has 35 heavy (non-hydrogen) atoms. The van der Waals surface area contributed by atoms with Crippen LogP contribution < -0.4 is 15.4 Å². The fraction of sp³-hybridized carbons (Fsp3) is 0.360. The van der Waals surface area contributed by atoms with Gasteiger partial charge in [-0.1, -0.05) is 18.2 Å². The largest absolute Gasteiger partial charge is 0.507 e. The summed E-state index contributed by atoms with van der Waals surface area (Å²) in [6, 6.07) is 11.8. The first-order valence-electron chi connectivity index (χ1n) is 10.8. The van der Waals surface area contributed by atoms with Gasteiger partial charge in [-0.2, -0.15) is 5.26 Å². The number of aromatic hydroxyl groups is 1. The van der Waals surface area contributed by atoms with E-state index in [1.165, 1.54) is 13.2 Å². The highest BCUT2D eigenvalue weighted by molar-refractivity contribution is 5.99. The summed E-state index contributed by atoms with van der Waals surface area (Å²) in [7, 11) is 1.51. The molecule has 0 heterocycles. The smallest absolute Gasteiger partial charge is 0.408 e. The molecule has 2 rings (SSSR count). The van der Waals surface area contributed by atoms with Gasteiger partial charge in [0.15, 0.2) is 0 Å². The highest BCUT2D eigenvalue weighted by Gasteiger charge is 2.34. The third-order valence-electron chi connectivity index (χ3n) is 4.83. The molecule has 2 aromatic rings. The number of rotatable bonds is 8. The van der Waals surface area contributed by atoms with E-state index in [9.17, 15) is 24.8 Å². The number of benzene rings is 2. The molecule has 0 fully saturated rings. The highest BCUT2D eigenvalue weighted by atomic mass is 16.6. The van der Waals surface area contributed by atoms with Gasteiger partial charge in [0, 0.05) is 11.3 Å². The Morgan fingerprint density at radius 3 is 2.37 bits per heavy atom. The summed E-state index contributed by atoms with van der Waals surface area (Å²) in [6.07, 6.45) is -0.819. The number of amides is 3. The molecule has 0 saturated heterocycles. The molecule has 10 nitrogen and oxygen atoms in total. The highest BCUT2D eigenvalue weighted by Crippen LogP contribution is 2.32. The van der Waals surface area contributed by atoms with Crippen molar-refractivity contribution in [2.24, 2.45) is 0 Å². The number of nitrogens with zero attached hydrogens (tertiary/aromatic N) is 2. The molecule has 10 heteroatoms. The Balaban J connectivity index is 2.38. The number of methoxy groups -OCH3 is 1. The van der Waals surface area contributed by atoms with Crippen LogP contribution in [0.15, 0.2) is 42.5 Å². The van der Waals surface area contributed by atoms with Crippen LogP contribution in [0.3, 0.4) is 0 Å². The maximum absolute atomic E-state index is 13.4. The monoisotopic (exact) mass is 482 g/mol. The molecular weight excluding hydrogens is 452 g/mol. The number of aryl methyl sites for hydroxylation is 1. The van der Waals surface area contributed by atoms with E-state index in [1.807, 2.05) is 6.07 Å². The normalized spacial score (nSPS) is 11.5. The number of hydrogen-bond donors (Lipinski definition) is 3. The number of ether oxygens (including phenoxy) is 2. The van der Waals surface area contributed by atoms with Crippen LogP contribution in [0.2, 0.25) is 0 Å². The van der Waals surface area contributed by atoms with Crippen LogP contribution >= 0.6 is 0 Å². The first-order valence-corrected chi connectivity index (χ1v) is 10.8. The summed E-state index contributed by atoms with van der Waals surface area (Å²) in [5.41, 5.74) is 0.273. The minimum atomic E-state index is -1.36. The number of para-hydroxylation sites is 1. The quantitative estimate of drug-likeness (QED) is 0.490. The molecule has 1 unspecified atom stereocenters. The van der Waals surface area contributed by atoms with Crippen molar-refractivity contribution in [2.45, 2.75) is 39.3 Å². The second kappa shape index (κ2) is 11.7. The molecule has 3 N–H and O–H groups in total. The van der Waals surface area contributed by atoms with Crippen LogP contribution in [-0.2, 0) is 14.3 Å². The topological polar surface area (TPSA) is 141 Å². The van der Waals surface area contributed by atoms with E-state index in [-0.39, 0.29) is 11.3 Å². The summed E-state index contributed by atoms with van der Waals surface area (Å²) in [4.78, 5) is 39.5. The van der Waals surface area contributed by atoms with Crippen LogP contribution in [0.25, 0.3) is 0 Å². The summed E-state index contributed by atoms with van der Waals surface area (Å²) in [6.45, 7) is 5.69. The minimum absolute atomic E-state index is 0.136. The SMILES string of the molecule is COc1ccc(NC(=O)C(c2cccc(C)c2O)N(CC#N)C(=O)CNC(=O)OC(C)(C)C)cc1. The zero-order valence-corrected chi connectivity index (χ0v) is 20.4. The van der Waals surface area contributed by atoms with Gasteiger partial charge in [0.05, 0.1) is 13.2 Å². The Labute approximate surface area is 204 Å². The van der Waals surface area contributed by atoms with Gasteiger partial charge in [0.2, 0.25) is 5.91 Å². The van der Waals surface area contributed by atoms with Gasteiger partial charge in [0.1, 0.15) is 36.2 Å². The summed E-state index contributed by atoms with van der Waals surface area (Å²) in [5.74, 6) is -0.964. The number of nitriles is 1. The number of anilines is 1. The van der Waals surface area contributed by atoms with Crippen molar-refractivity contribution in [3.63, 3.8) is 0 Å². The van der Waals surface area contributed by atoms with Crippen LogP contribution in [0.5, 0.6) is 11.5 Å². The van der Waals surface area contributed by atoms with Crippen LogP contribution in [-0.4, -0.2) is 53.7 Å². The number of alkyl carbamates (subject to hydrolysis) is 1. The molecule has 0 aliphatic rings. The molecule has 1 atom stereocenters. The number of phenolic OH excluding ortho intramolecular Hbond substituents is 1. The molecule has 3 amide bonds. The molecule has 0 bridgehead atoms. The average molecular weight is 483 g/mol. The lowest BCUT2D eigenvalue weighted by Crippen LogP contribution is -2.46. The maximum atomic E-state index is 13.4. The Morgan fingerprint density at radius 2 is 1.80 bits per heavy atom. The van der Waals surface area contributed by atoms with E-state index < -0.39 is 42.6 Å². The summed E-state index contributed by atoms with van der Waals surface area (Å²) in [5, 5.41) is 25.1. The van der Waals surface area contributed by atoms with E-state index in [4.69, 9.17) is 9.47 Å². The average Bonchev–Trinajstić information content (AvgIpc) is 2.79. The van der Waals surface area contributed by atoms with Gasteiger partial charge in [-0.25, -0.2) is 4.79 Å². The van der Waals surface area contributed by atoms with Gasteiger partial charge in [-0.05, 0) is 57.5 Å². The number of hydrogen-bond acceptors (Lipinski definition) is 7. The molecular formula is C25H30N4O6. The van der Waals surface area contributed by atoms with Gasteiger partial charge in [0.25, 0.3) is 5.91 Å². The second-order valence-corrected chi connectivity index (χ2v) is 8.67. The molecule has 0 saturated carbocycles. The second-order valence-electron chi connectivity index (χ2n) is 8.67. The summed E-state index contributed by atoms with van der Waals surface area (Å²) >= 11 is 0. The Bertz CT molecular complexity index is 1100. The first kappa shape index (κ1) is 27.0. The Kier molecular flexibility index (Phi) is 9.05. The van der Waals surface area contributed by atoms with Gasteiger partial charge in [-0.15, -0.1) is 0 Å². The van der Waals surface area contributed by atoms with Gasteiger partial charge < -0.3 is 30.1 Å². The van der Waals surface area contributed by atoms with Crippen molar-refractivity contribution in [1.29, 1.82) is 5.26 Å². The molecule has 0 aliphatic heterocycles. The lowest BCUT2D eigenvalue weighted by atomic mass is 10.00. The van der Waals surface area contributed by atoms with Crippen molar-refractivity contribution in [3.05, 3.63) is 53.6 Å². The maximum Gasteiger partial charge on any atom is 0.408 e. The van der Waals surface area contributed by atoms with E-state index >= 15 is 0 Å². The standard InChI is InChI=1S/C25H30N4O6/c1-16-7-6-8-19(22(16)31)21(23(32)28-17-9-11-18(34-5)12-10-17)29(14-13-26)20(30)15-27-24(33)35-25(2,3)4/h6-12,21,31H,14-15H2,1-5H3,(H,27,33)(H,28,32). The van der Waals surface area contributed by atoms with E-state index in [1.54, 1.807) is 64.1 Å². The van der Waals surface area contributed by atoms with E-state index in [0.29, 0.717) is 17.0 Å². The Hall–Kier alpha value is -4.26. The lowest BCUT2D eigenvalue weighted by Gasteiger charge is -2.30. The minimum Gasteiger partial charge on any atom is -0.507 e. The third-order valence-corrected chi connectivity index (χ3v) is 4.83. The molecule has 0 aliphatic carbocycles. The van der Waals surface area contributed by atoms with Crippen molar-refractivity contribution in [2.75, 3.05) is 25.5 Å². The molecule has 0 aromatic heterocycles. The molecule has 0 spiro atoms. The number of carbonyl (C=O) groups is 3. The Morgan fingerprint density at radius 1 is 1.14 bits per heavy atom. The first-order chi connectivity index (χ1) is 16.5. The van der Waals surface area contributed by atoms with Crippen molar-refractivity contribution >= 4 is 23.6 Å². The van der Waals surface area contributed by atoms with Crippen LogP contribution in [0, 0.1) is 18.3 Å². The van der Waals surface area contributed by atoms with E-state index in [2.05, 4.69) is 10.6 Å². The zero-order chi connectivity index (χ0) is 26.2. The molecule has 2 aromatic carbocycles. The van der Waals surface area contributed by atoms with Crippen molar-refractivity contribution < 1.29 is 29.0 Å². The molecule has 186 valence electrons. The predicted octanol–water partition coefficient (Wildman–Crippen LogP) is 3.27. The molecule has 0 radical (unpaired) electrons. The van der Waals surface area contributed by atoms with Crippen molar-refractivity contribution in [3.8, 4) is 17.6 Å². The third kappa shape index (κ3) is 7.64. The fourth-order valence-corrected chi connectivity index (χ4v) is 3.20. The van der Waals surface area contributed by atoms with Crippen LogP contribution in [0.1, 0.15) is 37.9 Å². The summed E-state index contributed by atoms with van der Waals surface area (Å²) < 4.78 is 10.3. The van der Waals surface area contributed by atoms with Crippen LogP contribution in [0.4, 0.5) is 10.5 Å². The number of phenols is 1. The van der Waals surface area contributed by atoms with Gasteiger partial charge >= 0.3 is 6.09 Å².